The van der Waals surface area contributed by atoms with Crippen LogP contribution in [-0.4, -0.2) is 17.1 Å². The Balaban J connectivity index is 0.00000161. The van der Waals surface area contributed by atoms with E-state index in [4.69, 9.17) is 10.8 Å². The third-order valence-corrected chi connectivity index (χ3v) is 3.62. The van der Waals surface area contributed by atoms with Crippen molar-refractivity contribution in [1.82, 2.24) is 0 Å². The predicted octanol–water partition coefficient (Wildman–Crippen LogP) is 3.37. The molecule has 3 nitrogen and oxygen atoms in total. The lowest BCUT2D eigenvalue weighted by atomic mass is 9.93. The molecule has 3 N–H and O–H groups in total. The zero-order valence-electron chi connectivity index (χ0n) is 11.3. The minimum Gasteiger partial charge on any atom is -0.480 e. The predicted molar refractivity (Wildman–Crippen MR) is 88.0 cm³/mol. The molecule has 0 spiro atoms. The van der Waals surface area contributed by atoms with E-state index in [0.29, 0.717) is 6.42 Å². The second-order valence-corrected chi connectivity index (χ2v) is 4.95. The minimum atomic E-state index is -0.970. The minimum absolute atomic E-state index is 0. The molecule has 108 valence electrons. The van der Waals surface area contributed by atoms with Crippen LogP contribution >= 0.6 is 12.4 Å². The molecule has 4 heteroatoms. The van der Waals surface area contributed by atoms with E-state index in [-0.39, 0.29) is 12.4 Å². The van der Waals surface area contributed by atoms with Crippen LogP contribution in [0.1, 0.15) is 5.56 Å². The van der Waals surface area contributed by atoms with Gasteiger partial charge in [0.15, 0.2) is 0 Å². The molecule has 21 heavy (non-hydrogen) atoms. The number of hydrogen-bond acceptors (Lipinski definition) is 2. The molecule has 1 atom stereocenters. The second kappa shape index (κ2) is 6.12. The highest BCUT2D eigenvalue weighted by Gasteiger charge is 2.16. The van der Waals surface area contributed by atoms with Gasteiger partial charge in [-0.3, -0.25) is 4.79 Å². The first kappa shape index (κ1) is 15.3. The summed E-state index contributed by atoms with van der Waals surface area (Å²) in [4.78, 5) is 11.1. The monoisotopic (exact) mass is 301 g/mol. The quantitative estimate of drug-likeness (QED) is 0.729. The summed E-state index contributed by atoms with van der Waals surface area (Å²) in [6.45, 7) is 0. The molecule has 0 aliphatic carbocycles. The third-order valence-electron chi connectivity index (χ3n) is 3.62. The van der Waals surface area contributed by atoms with Crippen molar-refractivity contribution in [3.05, 3.63) is 60.2 Å². The van der Waals surface area contributed by atoms with Crippen molar-refractivity contribution in [3.63, 3.8) is 0 Å². The van der Waals surface area contributed by atoms with Crippen LogP contribution in [0.5, 0.6) is 0 Å². The molecular formula is C17H16ClNO2. The van der Waals surface area contributed by atoms with Crippen molar-refractivity contribution in [3.8, 4) is 0 Å². The van der Waals surface area contributed by atoms with Crippen molar-refractivity contribution in [2.75, 3.05) is 0 Å². The average Bonchev–Trinajstić information content (AvgIpc) is 2.46. The molecule has 0 saturated heterocycles. The molecule has 0 saturated carbocycles. The second-order valence-electron chi connectivity index (χ2n) is 4.95. The van der Waals surface area contributed by atoms with Gasteiger partial charge < -0.3 is 10.8 Å². The topological polar surface area (TPSA) is 63.3 Å². The van der Waals surface area contributed by atoms with Crippen LogP contribution in [0.25, 0.3) is 21.5 Å². The zero-order valence-corrected chi connectivity index (χ0v) is 12.1. The molecule has 0 aromatic heterocycles. The van der Waals surface area contributed by atoms with E-state index in [1.165, 1.54) is 0 Å². The molecule has 3 aromatic rings. The van der Waals surface area contributed by atoms with Gasteiger partial charge in [0.25, 0.3) is 0 Å². The number of carbonyl (C=O) groups is 1. The van der Waals surface area contributed by atoms with Crippen molar-refractivity contribution in [2.24, 2.45) is 5.73 Å². The SMILES string of the molecule is Cl.NC(Cc1c2ccccc2cc2ccccc12)C(=O)O. The fourth-order valence-corrected chi connectivity index (χ4v) is 2.64. The Kier molecular flexibility index (Phi) is 4.46. The van der Waals surface area contributed by atoms with Crippen molar-refractivity contribution < 1.29 is 9.90 Å². The first-order valence-corrected chi connectivity index (χ1v) is 6.54. The number of hydrogen-bond donors (Lipinski definition) is 2. The first-order valence-electron chi connectivity index (χ1n) is 6.54. The van der Waals surface area contributed by atoms with Crippen LogP contribution in [0.4, 0.5) is 0 Å². The maximum absolute atomic E-state index is 11.1. The van der Waals surface area contributed by atoms with Crippen molar-refractivity contribution >= 4 is 39.9 Å². The standard InChI is InChI=1S/C17H15NO2.ClH/c18-16(17(19)20)10-15-13-7-3-1-5-11(13)9-12-6-2-4-8-14(12)15;/h1-9,16H,10,18H2,(H,19,20);1H. The van der Waals surface area contributed by atoms with Gasteiger partial charge in [-0.15, -0.1) is 12.4 Å². The highest BCUT2D eigenvalue weighted by molar-refractivity contribution is 6.02. The van der Waals surface area contributed by atoms with Gasteiger partial charge >= 0.3 is 5.97 Å². The molecule has 3 aromatic carbocycles. The van der Waals surface area contributed by atoms with Crippen LogP contribution in [0.15, 0.2) is 54.6 Å². The summed E-state index contributed by atoms with van der Waals surface area (Å²) in [5.74, 6) is -0.970. The summed E-state index contributed by atoms with van der Waals surface area (Å²) in [6.07, 6.45) is 0.331. The maximum Gasteiger partial charge on any atom is 0.320 e. The number of rotatable bonds is 3. The largest absolute Gasteiger partial charge is 0.480 e. The fourth-order valence-electron chi connectivity index (χ4n) is 2.64. The lowest BCUT2D eigenvalue weighted by Gasteiger charge is -2.13. The molecule has 0 aliphatic heterocycles. The van der Waals surface area contributed by atoms with Gasteiger partial charge in [0.2, 0.25) is 0 Å². The fraction of sp³-hybridized carbons (Fsp3) is 0.118. The van der Waals surface area contributed by atoms with Gasteiger partial charge in [0.05, 0.1) is 0 Å². The van der Waals surface area contributed by atoms with Crippen LogP contribution < -0.4 is 5.73 Å². The normalized spacial score (nSPS) is 12.0. The number of fused-ring (bicyclic) bond motifs is 2. The van der Waals surface area contributed by atoms with E-state index >= 15 is 0 Å². The summed E-state index contributed by atoms with van der Waals surface area (Å²) >= 11 is 0. The van der Waals surface area contributed by atoms with E-state index in [9.17, 15) is 4.79 Å². The lowest BCUT2D eigenvalue weighted by Crippen LogP contribution is -2.32. The number of benzene rings is 3. The first-order chi connectivity index (χ1) is 9.66. The Bertz CT molecular complexity index is 747. The number of halogens is 1. The number of aliphatic carboxylic acids is 1. The molecule has 0 radical (unpaired) electrons. The zero-order chi connectivity index (χ0) is 14.1. The van der Waals surface area contributed by atoms with Crippen LogP contribution in [-0.2, 0) is 11.2 Å². The number of carboxylic acid groups (broad SMARTS) is 1. The molecule has 0 aliphatic rings. The van der Waals surface area contributed by atoms with E-state index < -0.39 is 12.0 Å². The Hall–Kier alpha value is -2.10. The third kappa shape index (κ3) is 2.84. The number of carboxylic acids is 1. The maximum atomic E-state index is 11.1. The lowest BCUT2D eigenvalue weighted by molar-refractivity contribution is -0.138. The summed E-state index contributed by atoms with van der Waals surface area (Å²) in [5.41, 5.74) is 6.74. The highest BCUT2D eigenvalue weighted by atomic mass is 35.5. The molecule has 3 rings (SSSR count). The molecule has 0 heterocycles. The Morgan fingerprint density at radius 1 is 1.00 bits per heavy atom. The van der Waals surface area contributed by atoms with E-state index in [1.807, 2.05) is 48.5 Å². The van der Waals surface area contributed by atoms with E-state index in [0.717, 1.165) is 27.1 Å². The Morgan fingerprint density at radius 3 is 1.95 bits per heavy atom. The Labute approximate surface area is 128 Å². The van der Waals surface area contributed by atoms with Crippen LogP contribution in [0.2, 0.25) is 0 Å². The van der Waals surface area contributed by atoms with Crippen molar-refractivity contribution in [1.29, 1.82) is 0 Å². The highest BCUT2D eigenvalue weighted by Crippen LogP contribution is 2.29. The number of nitrogens with two attached hydrogens (primary N) is 1. The van der Waals surface area contributed by atoms with Gasteiger partial charge in [-0.2, -0.15) is 0 Å². The van der Waals surface area contributed by atoms with Gasteiger partial charge in [0.1, 0.15) is 6.04 Å². The van der Waals surface area contributed by atoms with Gasteiger partial charge in [-0.1, -0.05) is 48.5 Å². The van der Waals surface area contributed by atoms with Crippen LogP contribution in [0.3, 0.4) is 0 Å². The van der Waals surface area contributed by atoms with E-state index in [1.54, 1.807) is 0 Å². The van der Waals surface area contributed by atoms with E-state index in [2.05, 4.69) is 6.07 Å². The molecule has 0 fully saturated rings. The Morgan fingerprint density at radius 2 is 1.48 bits per heavy atom. The molecule has 0 bridgehead atoms. The molecular weight excluding hydrogens is 286 g/mol. The molecule has 1 unspecified atom stereocenters. The van der Waals surface area contributed by atoms with Crippen molar-refractivity contribution in [2.45, 2.75) is 12.5 Å². The van der Waals surface area contributed by atoms with Gasteiger partial charge in [0, 0.05) is 0 Å². The van der Waals surface area contributed by atoms with Gasteiger partial charge in [-0.05, 0) is 39.6 Å². The average molecular weight is 302 g/mol. The summed E-state index contributed by atoms with van der Waals surface area (Å²) in [5, 5.41) is 13.4. The summed E-state index contributed by atoms with van der Waals surface area (Å²) in [7, 11) is 0. The summed E-state index contributed by atoms with van der Waals surface area (Å²) < 4.78 is 0. The molecule has 0 amide bonds. The van der Waals surface area contributed by atoms with Crippen LogP contribution in [0, 0.1) is 0 Å². The smallest absolute Gasteiger partial charge is 0.320 e. The van der Waals surface area contributed by atoms with Gasteiger partial charge in [-0.25, -0.2) is 0 Å². The summed E-state index contributed by atoms with van der Waals surface area (Å²) in [6, 6.07) is 17.3.